The Morgan fingerprint density at radius 3 is 2.43 bits per heavy atom. The van der Waals surface area contributed by atoms with Crippen molar-refractivity contribution in [1.82, 2.24) is 9.47 Å². The van der Waals surface area contributed by atoms with Gasteiger partial charge in [-0.15, -0.1) is 0 Å². The molecule has 2 aromatic carbocycles. The molecule has 5 heteroatoms. The summed E-state index contributed by atoms with van der Waals surface area (Å²) in [5, 5.41) is 12.2. The van der Waals surface area contributed by atoms with Crippen LogP contribution in [0.1, 0.15) is 17.4 Å². The molecule has 4 rings (SSSR count). The van der Waals surface area contributed by atoms with Crippen molar-refractivity contribution in [2.24, 2.45) is 7.05 Å². The summed E-state index contributed by atoms with van der Waals surface area (Å²) < 4.78 is 7.56. The summed E-state index contributed by atoms with van der Waals surface area (Å²) in [7, 11) is 3.73. The molecule has 0 bridgehead atoms. The number of hydrogen-bond donors (Lipinski definition) is 1. The Kier molecular flexibility index (Phi) is 5.29. The van der Waals surface area contributed by atoms with Gasteiger partial charge in [0.05, 0.1) is 13.2 Å². The molecule has 1 atom stereocenters. The van der Waals surface area contributed by atoms with Crippen molar-refractivity contribution in [3.63, 3.8) is 0 Å². The van der Waals surface area contributed by atoms with E-state index in [4.69, 9.17) is 4.74 Å². The van der Waals surface area contributed by atoms with E-state index in [-0.39, 0.29) is 0 Å². The van der Waals surface area contributed by atoms with Crippen LogP contribution in [0.4, 0.5) is 5.69 Å². The third-order valence-electron chi connectivity index (χ3n) is 6.01. The van der Waals surface area contributed by atoms with Gasteiger partial charge in [-0.05, 0) is 37.3 Å². The molecule has 1 N–H and O–H groups in total. The van der Waals surface area contributed by atoms with E-state index in [1.165, 1.54) is 5.69 Å². The van der Waals surface area contributed by atoms with Gasteiger partial charge in [-0.3, -0.25) is 4.90 Å². The quantitative estimate of drug-likeness (QED) is 0.738. The van der Waals surface area contributed by atoms with Crippen molar-refractivity contribution in [3.05, 3.63) is 59.8 Å². The molecule has 3 aromatic rings. The van der Waals surface area contributed by atoms with Crippen molar-refractivity contribution in [1.29, 1.82) is 0 Å². The molecule has 148 valence electrons. The van der Waals surface area contributed by atoms with Gasteiger partial charge in [0.2, 0.25) is 0 Å². The van der Waals surface area contributed by atoms with Crippen molar-refractivity contribution < 1.29 is 9.84 Å². The zero-order chi connectivity index (χ0) is 19.7. The summed E-state index contributed by atoms with van der Waals surface area (Å²) in [6.07, 6.45) is -0.515. The molecule has 0 spiro atoms. The molecule has 0 unspecified atom stereocenters. The molecule has 0 radical (unpaired) electrons. The number of piperazine rings is 1. The zero-order valence-electron chi connectivity index (χ0n) is 16.9. The maximum atomic E-state index is 11.1. The van der Waals surface area contributed by atoms with Gasteiger partial charge >= 0.3 is 0 Å². The number of aliphatic hydroxyl groups excluding tert-OH is 1. The van der Waals surface area contributed by atoms with Gasteiger partial charge in [0, 0.05) is 67.6 Å². The van der Waals surface area contributed by atoms with Gasteiger partial charge in [-0.25, -0.2) is 0 Å². The number of hydrogen-bond acceptors (Lipinski definition) is 4. The van der Waals surface area contributed by atoms with Crippen molar-refractivity contribution in [3.8, 4) is 5.75 Å². The first kappa shape index (κ1) is 18.8. The lowest BCUT2D eigenvalue weighted by molar-refractivity contribution is 0.110. The average molecular weight is 380 g/mol. The summed E-state index contributed by atoms with van der Waals surface area (Å²) in [4.78, 5) is 4.78. The van der Waals surface area contributed by atoms with Crippen molar-refractivity contribution in [2.75, 3.05) is 44.7 Å². The predicted octanol–water partition coefficient (Wildman–Crippen LogP) is 3.35. The van der Waals surface area contributed by atoms with Crippen LogP contribution in [0.15, 0.2) is 48.5 Å². The molecule has 1 aromatic heterocycles. The second kappa shape index (κ2) is 7.86. The molecule has 0 saturated carbocycles. The lowest BCUT2D eigenvalue weighted by Crippen LogP contribution is -2.47. The number of fused-ring (bicyclic) bond motifs is 1. The SMILES string of the molecule is COc1ccc2c(c1)c([C@@H](O)CN1CCN(c3ccccc3)CC1)c(C)n2C. The van der Waals surface area contributed by atoms with Gasteiger partial charge in [0.1, 0.15) is 5.75 Å². The van der Waals surface area contributed by atoms with E-state index >= 15 is 0 Å². The Labute approximate surface area is 166 Å². The standard InChI is InChI=1S/C23H29N3O2/c1-17-23(20-15-19(28-3)9-10-21(20)24(17)2)22(27)16-25-11-13-26(14-12-25)18-7-5-4-6-8-18/h4-10,15,22,27H,11-14,16H2,1-3H3/t22-/m0/s1. The normalized spacial score (nSPS) is 16.5. The Balaban J connectivity index is 1.49. The summed E-state index contributed by atoms with van der Waals surface area (Å²) in [5.41, 5.74) is 4.53. The highest BCUT2D eigenvalue weighted by Crippen LogP contribution is 2.33. The average Bonchev–Trinajstić information content (AvgIpc) is 2.99. The van der Waals surface area contributed by atoms with Crippen LogP contribution < -0.4 is 9.64 Å². The van der Waals surface area contributed by atoms with Crippen LogP contribution >= 0.6 is 0 Å². The third-order valence-corrected chi connectivity index (χ3v) is 6.01. The lowest BCUT2D eigenvalue weighted by Gasteiger charge is -2.37. The molecule has 1 aliphatic heterocycles. The maximum absolute atomic E-state index is 11.1. The highest BCUT2D eigenvalue weighted by molar-refractivity contribution is 5.87. The molecular formula is C23H29N3O2. The molecular weight excluding hydrogens is 350 g/mol. The van der Waals surface area contributed by atoms with Gasteiger partial charge in [-0.1, -0.05) is 18.2 Å². The van der Waals surface area contributed by atoms with E-state index in [2.05, 4.69) is 64.7 Å². The van der Waals surface area contributed by atoms with Gasteiger partial charge < -0.3 is 19.3 Å². The smallest absolute Gasteiger partial charge is 0.119 e. The fraction of sp³-hybridized carbons (Fsp3) is 0.391. The maximum Gasteiger partial charge on any atom is 0.119 e. The summed E-state index contributed by atoms with van der Waals surface area (Å²) in [5.74, 6) is 0.822. The molecule has 1 fully saturated rings. The monoisotopic (exact) mass is 379 g/mol. The van der Waals surface area contributed by atoms with E-state index in [1.54, 1.807) is 7.11 Å². The number of nitrogens with zero attached hydrogens (tertiary/aromatic N) is 3. The van der Waals surface area contributed by atoms with E-state index < -0.39 is 6.10 Å². The molecule has 2 heterocycles. The fourth-order valence-electron chi connectivity index (χ4n) is 4.29. The Morgan fingerprint density at radius 1 is 1.04 bits per heavy atom. The largest absolute Gasteiger partial charge is 0.497 e. The predicted molar refractivity (Wildman–Crippen MR) is 114 cm³/mol. The number of anilines is 1. The number of aromatic nitrogens is 1. The van der Waals surface area contributed by atoms with E-state index in [0.717, 1.165) is 54.1 Å². The Hall–Kier alpha value is -2.50. The first-order chi connectivity index (χ1) is 13.6. The molecule has 28 heavy (non-hydrogen) atoms. The van der Waals surface area contributed by atoms with Crippen LogP contribution in [0.5, 0.6) is 5.75 Å². The van der Waals surface area contributed by atoms with Gasteiger partial charge in [-0.2, -0.15) is 0 Å². The van der Waals surface area contributed by atoms with E-state index in [0.29, 0.717) is 6.54 Å². The minimum Gasteiger partial charge on any atom is -0.497 e. The van der Waals surface area contributed by atoms with Crippen LogP contribution in [0.25, 0.3) is 10.9 Å². The third kappa shape index (κ3) is 3.48. The van der Waals surface area contributed by atoms with Crippen LogP contribution in [0.3, 0.4) is 0 Å². The minimum atomic E-state index is -0.515. The van der Waals surface area contributed by atoms with Crippen LogP contribution in [-0.2, 0) is 7.05 Å². The number of para-hydroxylation sites is 1. The summed E-state index contributed by atoms with van der Waals surface area (Å²) in [6, 6.07) is 16.6. The number of ether oxygens (including phenoxy) is 1. The van der Waals surface area contributed by atoms with Crippen LogP contribution in [0.2, 0.25) is 0 Å². The fourth-order valence-corrected chi connectivity index (χ4v) is 4.29. The molecule has 5 nitrogen and oxygen atoms in total. The van der Waals surface area contributed by atoms with Gasteiger partial charge in [0.25, 0.3) is 0 Å². The second-order valence-electron chi connectivity index (χ2n) is 7.58. The van der Waals surface area contributed by atoms with Crippen molar-refractivity contribution in [2.45, 2.75) is 13.0 Å². The number of aliphatic hydroxyl groups is 1. The number of benzene rings is 2. The molecule has 0 aliphatic carbocycles. The number of aryl methyl sites for hydroxylation is 1. The lowest BCUT2D eigenvalue weighted by atomic mass is 10.0. The molecule has 1 saturated heterocycles. The van der Waals surface area contributed by atoms with Crippen LogP contribution in [0, 0.1) is 6.92 Å². The summed E-state index contributed by atoms with van der Waals surface area (Å²) >= 11 is 0. The number of methoxy groups -OCH3 is 1. The number of rotatable bonds is 5. The topological polar surface area (TPSA) is 40.9 Å². The van der Waals surface area contributed by atoms with E-state index in [9.17, 15) is 5.11 Å². The minimum absolute atomic E-state index is 0.515. The van der Waals surface area contributed by atoms with Crippen LogP contribution in [-0.4, -0.2) is 54.4 Å². The zero-order valence-corrected chi connectivity index (χ0v) is 16.9. The highest BCUT2D eigenvalue weighted by Gasteiger charge is 2.24. The first-order valence-corrected chi connectivity index (χ1v) is 9.92. The highest BCUT2D eigenvalue weighted by atomic mass is 16.5. The summed E-state index contributed by atoms with van der Waals surface area (Å²) in [6.45, 7) is 6.62. The van der Waals surface area contributed by atoms with Crippen molar-refractivity contribution >= 4 is 16.6 Å². The molecule has 0 amide bonds. The Bertz CT molecular complexity index is 943. The van der Waals surface area contributed by atoms with E-state index in [1.807, 2.05) is 12.1 Å². The molecule has 1 aliphatic rings. The Morgan fingerprint density at radius 2 is 1.75 bits per heavy atom. The van der Waals surface area contributed by atoms with Gasteiger partial charge in [0.15, 0.2) is 0 Å². The first-order valence-electron chi connectivity index (χ1n) is 9.92. The second-order valence-corrected chi connectivity index (χ2v) is 7.58. The number of β-amino-alcohol motifs (C(OH)–C–C–N with tert-alkyl or cyclic N) is 1.